The van der Waals surface area contributed by atoms with Gasteiger partial charge >= 0.3 is 0 Å². The number of hydrogen-bond donors (Lipinski definition) is 0. The van der Waals surface area contributed by atoms with Crippen LogP contribution in [-0.2, 0) is 0 Å². The standard InChI is InChI=1S/C7H10F2N2/c8-7(9)2-1-4-11(6-7)5-3-10/h1-2,4-6H2. The summed E-state index contributed by atoms with van der Waals surface area (Å²) in [6.45, 7) is 0.499. The summed E-state index contributed by atoms with van der Waals surface area (Å²) >= 11 is 0. The second-order valence-electron chi connectivity index (χ2n) is 2.83. The van der Waals surface area contributed by atoms with Crippen LogP contribution in [-0.4, -0.2) is 30.5 Å². The highest BCUT2D eigenvalue weighted by Crippen LogP contribution is 2.25. The fourth-order valence-corrected chi connectivity index (χ4v) is 1.28. The second kappa shape index (κ2) is 3.14. The Hall–Kier alpha value is -0.690. The van der Waals surface area contributed by atoms with Gasteiger partial charge in [-0.2, -0.15) is 5.26 Å². The molecule has 1 rings (SSSR count). The molecule has 0 atom stereocenters. The lowest BCUT2D eigenvalue weighted by atomic mass is 10.1. The van der Waals surface area contributed by atoms with Crippen LogP contribution in [0.3, 0.4) is 0 Å². The minimum Gasteiger partial charge on any atom is -0.285 e. The highest BCUT2D eigenvalue weighted by Gasteiger charge is 2.34. The average molecular weight is 160 g/mol. The molecule has 0 aliphatic carbocycles. The van der Waals surface area contributed by atoms with Gasteiger partial charge in [0, 0.05) is 6.42 Å². The molecule has 11 heavy (non-hydrogen) atoms. The van der Waals surface area contributed by atoms with Gasteiger partial charge in [-0.15, -0.1) is 0 Å². The Bertz CT molecular complexity index is 174. The number of nitrogens with zero attached hydrogens (tertiary/aromatic N) is 2. The number of alkyl halides is 2. The summed E-state index contributed by atoms with van der Waals surface area (Å²) in [6.07, 6.45) is 0.462. The van der Waals surface area contributed by atoms with E-state index in [-0.39, 0.29) is 19.5 Å². The fraction of sp³-hybridized carbons (Fsp3) is 0.857. The van der Waals surface area contributed by atoms with Gasteiger partial charge in [0.1, 0.15) is 0 Å². The predicted octanol–water partition coefficient (Wildman–Crippen LogP) is 1.24. The Morgan fingerprint density at radius 2 is 2.27 bits per heavy atom. The van der Waals surface area contributed by atoms with Gasteiger partial charge in [0.05, 0.1) is 19.2 Å². The maximum Gasteiger partial charge on any atom is 0.260 e. The summed E-state index contributed by atoms with van der Waals surface area (Å²) in [7, 11) is 0. The highest BCUT2D eigenvalue weighted by atomic mass is 19.3. The summed E-state index contributed by atoms with van der Waals surface area (Å²) in [6, 6.07) is 1.87. The molecule has 0 bridgehead atoms. The van der Waals surface area contributed by atoms with Crippen molar-refractivity contribution in [3.63, 3.8) is 0 Å². The number of rotatable bonds is 1. The molecule has 0 unspecified atom stereocenters. The Morgan fingerprint density at radius 1 is 1.55 bits per heavy atom. The maximum atomic E-state index is 12.6. The van der Waals surface area contributed by atoms with Gasteiger partial charge in [-0.25, -0.2) is 8.78 Å². The van der Waals surface area contributed by atoms with Gasteiger partial charge in [0.25, 0.3) is 5.92 Å². The second-order valence-corrected chi connectivity index (χ2v) is 2.83. The van der Waals surface area contributed by atoms with E-state index in [9.17, 15) is 8.78 Å². The molecule has 0 radical (unpaired) electrons. The average Bonchev–Trinajstić information content (AvgIpc) is 1.85. The van der Waals surface area contributed by atoms with E-state index < -0.39 is 5.92 Å². The number of nitriles is 1. The van der Waals surface area contributed by atoms with E-state index in [0.29, 0.717) is 13.0 Å². The van der Waals surface area contributed by atoms with Crippen molar-refractivity contribution < 1.29 is 8.78 Å². The van der Waals surface area contributed by atoms with Crippen LogP contribution in [0.25, 0.3) is 0 Å². The van der Waals surface area contributed by atoms with Gasteiger partial charge in [-0.3, -0.25) is 4.90 Å². The molecule has 0 amide bonds. The molecule has 0 saturated carbocycles. The Kier molecular flexibility index (Phi) is 2.40. The van der Waals surface area contributed by atoms with Gasteiger partial charge in [0.2, 0.25) is 0 Å². The Balaban J connectivity index is 2.41. The molecule has 62 valence electrons. The smallest absolute Gasteiger partial charge is 0.260 e. The molecule has 0 spiro atoms. The zero-order valence-electron chi connectivity index (χ0n) is 6.19. The molecule has 1 aliphatic heterocycles. The first-order valence-electron chi connectivity index (χ1n) is 3.61. The lowest BCUT2D eigenvalue weighted by Crippen LogP contribution is -2.42. The maximum absolute atomic E-state index is 12.6. The van der Waals surface area contributed by atoms with Crippen LogP contribution in [0.15, 0.2) is 0 Å². The number of piperidine rings is 1. The molecular weight excluding hydrogens is 150 g/mol. The van der Waals surface area contributed by atoms with Crippen LogP contribution in [0.2, 0.25) is 0 Å². The topological polar surface area (TPSA) is 27.0 Å². The van der Waals surface area contributed by atoms with Crippen molar-refractivity contribution in [2.45, 2.75) is 18.8 Å². The van der Waals surface area contributed by atoms with Crippen LogP contribution in [0.1, 0.15) is 12.8 Å². The first kappa shape index (κ1) is 8.41. The molecule has 1 aliphatic rings. The monoisotopic (exact) mass is 160 g/mol. The lowest BCUT2D eigenvalue weighted by molar-refractivity contribution is -0.0605. The number of likely N-dealkylation sites (tertiary alicyclic amines) is 1. The molecule has 1 fully saturated rings. The minimum absolute atomic E-state index is 0.0328. The number of hydrogen-bond acceptors (Lipinski definition) is 2. The molecule has 1 heterocycles. The SMILES string of the molecule is N#CCN1CCCC(F)(F)C1. The van der Waals surface area contributed by atoms with Gasteiger partial charge in [-0.05, 0) is 13.0 Å². The third kappa shape index (κ3) is 2.43. The van der Waals surface area contributed by atoms with Crippen LogP contribution < -0.4 is 0 Å². The number of halogens is 2. The Labute approximate surface area is 64.4 Å². The third-order valence-corrected chi connectivity index (χ3v) is 1.77. The first-order chi connectivity index (χ1) is 5.14. The lowest BCUT2D eigenvalue weighted by Gasteiger charge is -2.30. The minimum atomic E-state index is -2.57. The molecule has 0 aromatic rings. The molecular formula is C7H10F2N2. The summed E-state index contributed by atoms with van der Waals surface area (Å²) in [4.78, 5) is 1.49. The van der Waals surface area contributed by atoms with E-state index in [2.05, 4.69) is 0 Å². The van der Waals surface area contributed by atoms with E-state index in [1.807, 2.05) is 6.07 Å². The van der Waals surface area contributed by atoms with E-state index >= 15 is 0 Å². The fourth-order valence-electron chi connectivity index (χ4n) is 1.28. The van der Waals surface area contributed by atoms with Crippen molar-refractivity contribution in [1.82, 2.24) is 4.90 Å². The Morgan fingerprint density at radius 3 is 2.82 bits per heavy atom. The molecule has 2 nitrogen and oxygen atoms in total. The van der Waals surface area contributed by atoms with E-state index in [0.717, 1.165) is 0 Å². The molecule has 4 heteroatoms. The molecule has 0 N–H and O–H groups in total. The van der Waals surface area contributed by atoms with Crippen molar-refractivity contribution in [3.8, 4) is 6.07 Å². The van der Waals surface area contributed by atoms with E-state index in [1.54, 1.807) is 0 Å². The van der Waals surface area contributed by atoms with E-state index in [1.165, 1.54) is 4.90 Å². The zero-order valence-corrected chi connectivity index (χ0v) is 6.19. The van der Waals surface area contributed by atoms with Crippen molar-refractivity contribution in [1.29, 1.82) is 5.26 Å². The zero-order chi connectivity index (χ0) is 8.32. The summed E-state index contributed by atoms with van der Waals surface area (Å²) < 4.78 is 25.3. The van der Waals surface area contributed by atoms with Gasteiger partial charge in [-0.1, -0.05) is 0 Å². The van der Waals surface area contributed by atoms with Crippen LogP contribution >= 0.6 is 0 Å². The predicted molar refractivity (Wildman–Crippen MR) is 36.2 cm³/mol. The van der Waals surface area contributed by atoms with Gasteiger partial charge in [0.15, 0.2) is 0 Å². The summed E-state index contributed by atoms with van der Waals surface area (Å²) in [5.74, 6) is -2.57. The highest BCUT2D eigenvalue weighted by molar-refractivity contribution is 4.84. The van der Waals surface area contributed by atoms with Crippen molar-refractivity contribution in [3.05, 3.63) is 0 Å². The van der Waals surface area contributed by atoms with Crippen molar-refractivity contribution in [2.24, 2.45) is 0 Å². The van der Waals surface area contributed by atoms with Crippen molar-refractivity contribution in [2.75, 3.05) is 19.6 Å². The van der Waals surface area contributed by atoms with E-state index in [4.69, 9.17) is 5.26 Å². The van der Waals surface area contributed by atoms with Crippen LogP contribution in [0.5, 0.6) is 0 Å². The summed E-state index contributed by atoms with van der Waals surface area (Å²) in [5, 5.41) is 8.25. The third-order valence-electron chi connectivity index (χ3n) is 1.77. The first-order valence-corrected chi connectivity index (χ1v) is 3.61. The normalized spacial score (nSPS) is 24.5. The van der Waals surface area contributed by atoms with Crippen LogP contribution in [0, 0.1) is 11.3 Å². The summed E-state index contributed by atoms with van der Waals surface area (Å²) in [5.41, 5.74) is 0. The van der Waals surface area contributed by atoms with Gasteiger partial charge < -0.3 is 0 Å². The molecule has 1 saturated heterocycles. The quantitative estimate of drug-likeness (QED) is 0.539. The largest absolute Gasteiger partial charge is 0.285 e. The molecule has 0 aromatic carbocycles. The van der Waals surface area contributed by atoms with Crippen LogP contribution in [0.4, 0.5) is 8.78 Å². The van der Waals surface area contributed by atoms with Crippen molar-refractivity contribution >= 4 is 0 Å². The molecule has 0 aromatic heterocycles.